The van der Waals surface area contributed by atoms with Gasteiger partial charge in [0.15, 0.2) is 5.82 Å². The molecule has 0 aliphatic heterocycles. The molecule has 0 aliphatic carbocycles. The van der Waals surface area contributed by atoms with Crippen molar-refractivity contribution >= 4 is 11.4 Å². The Kier molecular flexibility index (Phi) is 4.01. The number of aromatic amines is 1. The van der Waals surface area contributed by atoms with Crippen LogP contribution in [0.5, 0.6) is 0 Å². The summed E-state index contributed by atoms with van der Waals surface area (Å²) in [6.07, 6.45) is 1.17. The SMILES string of the molecule is Nc1ccc(Cc2nc(Cc3ccc([N+](=O)[O-])cc3)n[nH]2)cc1. The van der Waals surface area contributed by atoms with Gasteiger partial charge in [0.1, 0.15) is 5.82 Å². The molecule has 0 unspecified atom stereocenters. The molecule has 0 aliphatic rings. The summed E-state index contributed by atoms with van der Waals surface area (Å²) in [4.78, 5) is 14.7. The van der Waals surface area contributed by atoms with E-state index >= 15 is 0 Å². The third-order valence-corrected chi connectivity index (χ3v) is 3.44. The van der Waals surface area contributed by atoms with Crippen LogP contribution in [0, 0.1) is 10.1 Å². The first-order chi connectivity index (χ1) is 11.1. The van der Waals surface area contributed by atoms with Gasteiger partial charge in [-0.1, -0.05) is 24.3 Å². The molecule has 3 N–H and O–H groups in total. The maximum absolute atomic E-state index is 10.6. The molecule has 116 valence electrons. The fourth-order valence-electron chi connectivity index (χ4n) is 2.24. The summed E-state index contributed by atoms with van der Waals surface area (Å²) in [6, 6.07) is 14.0. The number of nitrogens with zero attached hydrogens (tertiary/aromatic N) is 3. The molecule has 3 rings (SSSR count). The van der Waals surface area contributed by atoms with E-state index in [2.05, 4.69) is 15.2 Å². The summed E-state index contributed by atoms with van der Waals surface area (Å²) in [5.41, 5.74) is 8.48. The molecule has 2 aromatic carbocycles. The van der Waals surface area contributed by atoms with Gasteiger partial charge in [-0.15, -0.1) is 0 Å². The molecule has 1 heterocycles. The first-order valence-electron chi connectivity index (χ1n) is 7.08. The Bertz CT molecular complexity index is 809. The molecule has 0 spiro atoms. The fourth-order valence-corrected chi connectivity index (χ4v) is 2.24. The third kappa shape index (κ3) is 3.70. The van der Waals surface area contributed by atoms with Gasteiger partial charge in [-0.2, -0.15) is 5.10 Å². The Morgan fingerprint density at radius 1 is 1.00 bits per heavy atom. The Morgan fingerprint density at radius 2 is 1.61 bits per heavy atom. The van der Waals surface area contributed by atoms with Crippen molar-refractivity contribution in [2.75, 3.05) is 5.73 Å². The zero-order valence-electron chi connectivity index (χ0n) is 12.3. The predicted molar refractivity (Wildman–Crippen MR) is 85.9 cm³/mol. The van der Waals surface area contributed by atoms with Gasteiger partial charge in [-0.25, -0.2) is 4.98 Å². The van der Waals surface area contributed by atoms with Crippen molar-refractivity contribution in [2.24, 2.45) is 0 Å². The van der Waals surface area contributed by atoms with Crippen LogP contribution in [0.1, 0.15) is 22.8 Å². The smallest absolute Gasteiger partial charge is 0.269 e. The van der Waals surface area contributed by atoms with Crippen molar-refractivity contribution in [1.29, 1.82) is 0 Å². The monoisotopic (exact) mass is 309 g/mol. The number of hydrogen-bond acceptors (Lipinski definition) is 5. The molecule has 0 bridgehead atoms. The quantitative estimate of drug-likeness (QED) is 0.427. The Morgan fingerprint density at radius 3 is 2.26 bits per heavy atom. The summed E-state index contributed by atoms with van der Waals surface area (Å²) in [7, 11) is 0. The fraction of sp³-hybridized carbons (Fsp3) is 0.125. The zero-order valence-corrected chi connectivity index (χ0v) is 12.3. The maximum Gasteiger partial charge on any atom is 0.269 e. The molecule has 0 amide bonds. The van der Waals surface area contributed by atoms with E-state index in [0.717, 1.165) is 22.6 Å². The number of H-pyrrole nitrogens is 1. The molecule has 0 fully saturated rings. The van der Waals surface area contributed by atoms with E-state index in [1.54, 1.807) is 12.1 Å². The van der Waals surface area contributed by atoms with Gasteiger partial charge in [0, 0.05) is 30.7 Å². The number of nitrogen functional groups attached to an aromatic ring is 1. The van der Waals surface area contributed by atoms with Crippen LogP contribution in [0.2, 0.25) is 0 Å². The minimum Gasteiger partial charge on any atom is -0.399 e. The summed E-state index contributed by atoms with van der Waals surface area (Å²) in [5.74, 6) is 1.43. The Balaban J connectivity index is 1.67. The normalized spacial score (nSPS) is 10.6. The lowest BCUT2D eigenvalue weighted by Crippen LogP contribution is -1.94. The predicted octanol–water partition coefficient (Wildman–Crippen LogP) is 2.48. The van der Waals surface area contributed by atoms with Crippen LogP contribution < -0.4 is 5.73 Å². The highest BCUT2D eigenvalue weighted by molar-refractivity contribution is 5.40. The minimum absolute atomic E-state index is 0.0766. The van der Waals surface area contributed by atoms with Crippen LogP contribution >= 0.6 is 0 Å². The summed E-state index contributed by atoms with van der Waals surface area (Å²) >= 11 is 0. The highest BCUT2D eigenvalue weighted by atomic mass is 16.6. The number of nitro groups is 1. The summed E-state index contributed by atoms with van der Waals surface area (Å²) in [6.45, 7) is 0. The highest BCUT2D eigenvalue weighted by Gasteiger charge is 2.08. The molecule has 0 saturated carbocycles. The van der Waals surface area contributed by atoms with E-state index in [1.807, 2.05) is 24.3 Å². The van der Waals surface area contributed by atoms with Crippen LogP contribution in [0.3, 0.4) is 0 Å². The minimum atomic E-state index is -0.415. The van der Waals surface area contributed by atoms with E-state index < -0.39 is 4.92 Å². The van der Waals surface area contributed by atoms with Crippen LogP contribution in [0.15, 0.2) is 48.5 Å². The topological polar surface area (TPSA) is 111 Å². The van der Waals surface area contributed by atoms with E-state index in [1.165, 1.54) is 12.1 Å². The van der Waals surface area contributed by atoms with Crippen LogP contribution in [-0.2, 0) is 12.8 Å². The van der Waals surface area contributed by atoms with Crippen molar-refractivity contribution in [1.82, 2.24) is 15.2 Å². The first-order valence-corrected chi connectivity index (χ1v) is 7.08. The molecular weight excluding hydrogens is 294 g/mol. The number of nitrogens with one attached hydrogen (secondary N) is 1. The second-order valence-corrected chi connectivity index (χ2v) is 5.22. The maximum atomic E-state index is 10.6. The van der Waals surface area contributed by atoms with E-state index in [0.29, 0.717) is 18.7 Å². The molecule has 7 nitrogen and oxygen atoms in total. The summed E-state index contributed by atoms with van der Waals surface area (Å²) in [5, 5.41) is 17.7. The lowest BCUT2D eigenvalue weighted by molar-refractivity contribution is -0.384. The number of rotatable bonds is 5. The first kappa shape index (κ1) is 14.7. The van der Waals surface area contributed by atoms with Gasteiger partial charge in [0.2, 0.25) is 0 Å². The number of benzene rings is 2. The molecule has 0 radical (unpaired) electrons. The zero-order chi connectivity index (χ0) is 16.2. The van der Waals surface area contributed by atoms with Crippen molar-refractivity contribution in [3.8, 4) is 0 Å². The van der Waals surface area contributed by atoms with Gasteiger partial charge in [-0.05, 0) is 23.3 Å². The van der Waals surface area contributed by atoms with Gasteiger partial charge in [0.25, 0.3) is 5.69 Å². The van der Waals surface area contributed by atoms with E-state index in [4.69, 9.17) is 5.73 Å². The second-order valence-electron chi connectivity index (χ2n) is 5.22. The van der Waals surface area contributed by atoms with E-state index in [-0.39, 0.29) is 5.69 Å². The number of anilines is 1. The van der Waals surface area contributed by atoms with Crippen LogP contribution in [-0.4, -0.2) is 20.1 Å². The van der Waals surface area contributed by atoms with Crippen LogP contribution in [0.25, 0.3) is 0 Å². The average Bonchev–Trinajstić information content (AvgIpc) is 2.97. The molecule has 7 heteroatoms. The molecule has 23 heavy (non-hydrogen) atoms. The Hall–Kier alpha value is -3.22. The van der Waals surface area contributed by atoms with Crippen LogP contribution in [0.4, 0.5) is 11.4 Å². The Labute approximate surface area is 132 Å². The van der Waals surface area contributed by atoms with Crippen molar-refractivity contribution in [3.63, 3.8) is 0 Å². The van der Waals surface area contributed by atoms with E-state index in [9.17, 15) is 10.1 Å². The van der Waals surface area contributed by atoms with Crippen molar-refractivity contribution < 1.29 is 4.92 Å². The number of hydrogen-bond donors (Lipinski definition) is 2. The standard InChI is InChI=1S/C16H15N5O2/c17-13-5-1-11(2-6-13)9-15-18-16(20-19-15)10-12-3-7-14(8-4-12)21(22)23/h1-8H,9-10,17H2,(H,18,19,20). The highest BCUT2D eigenvalue weighted by Crippen LogP contribution is 2.14. The van der Waals surface area contributed by atoms with Gasteiger partial charge >= 0.3 is 0 Å². The number of aromatic nitrogens is 3. The number of nitro benzene ring substituents is 1. The third-order valence-electron chi connectivity index (χ3n) is 3.44. The lowest BCUT2D eigenvalue weighted by Gasteiger charge is -1.98. The molecule has 1 aromatic heterocycles. The number of non-ortho nitro benzene ring substituents is 1. The summed E-state index contributed by atoms with van der Waals surface area (Å²) < 4.78 is 0. The van der Waals surface area contributed by atoms with Gasteiger partial charge in [-0.3, -0.25) is 15.2 Å². The second kappa shape index (κ2) is 6.27. The van der Waals surface area contributed by atoms with Gasteiger partial charge < -0.3 is 5.73 Å². The van der Waals surface area contributed by atoms with Crippen molar-refractivity contribution in [2.45, 2.75) is 12.8 Å². The number of nitrogens with two attached hydrogens (primary N) is 1. The van der Waals surface area contributed by atoms with Gasteiger partial charge in [0.05, 0.1) is 4.92 Å². The van der Waals surface area contributed by atoms with Crippen molar-refractivity contribution in [3.05, 3.63) is 81.4 Å². The average molecular weight is 309 g/mol. The lowest BCUT2D eigenvalue weighted by atomic mass is 10.1. The largest absolute Gasteiger partial charge is 0.399 e. The molecule has 0 saturated heterocycles. The molecule has 0 atom stereocenters. The molecular formula is C16H15N5O2. The molecule has 3 aromatic rings.